The maximum atomic E-state index is 12.1. The van der Waals surface area contributed by atoms with Crippen LogP contribution < -0.4 is 10.6 Å². The van der Waals surface area contributed by atoms with E-state index in [4.69, 9.17) is 23.1 Å². The van der Waals surface area contributed by atoms with Crippen LogP contribution in [0.4, 0.5) is 16.2 Å². The fraction of sp³-hybridized carbons (Fsp3) is 0. The average Bonchev–Trinajstić information content (AvgIpc) is 2.60. The fourth-order valence-electron chi connectivity index (χ4n) is 2.11. The molecule has 128 valence electrons. The Kier molecular flexibility index (Phi) is 5.27. The molecule has 0 radical (unpaired) electrons. The number of rotatable bonds is 4. The first kappa shape index (κ1) is 18.1. The summed E-state index contributed by atoms with van der Waals surface area (Å²) in [5.74, 6) is 2.18. The molecule has 7 nitrogen and oxygen atoms in total. The number of carbonyl (C=O) groups excluding carboxylic acids is 1. The molecule has 0 aliphatic heterocycles. The van der Waals surface area contributed by atoms with Crippen LogP contribution in [0, 0.1) is 24.7 Å². The van der Waals surface area contributed by atoms with Gasteiger partial charge in [-0.15, -0.1) is 12.8 Å². The van der Waals surface area contributed by atoms with Crippen molar-refractivity contribution < 1.29 is 24.6 Å². The van der Waals surface area contributed by atoms with E-state index in [1.165, 1.54) is 6.07 Å². The molecular weight excluding hydrogens is 336 g/mol. The number of carbonyl (C=O) groups is 3. The number of aromatic carboxylic acids is 2. The van der Waals surface area contributed by atoms with Crippen molar-refractivity contribution in [2.75, 3.05) is 10.6 Å². The number of hydrogen-bond donors (Lipinski definition) is 4. The minimum absolute atomic E-state index is 0.0113. The number of urea groups is 1. The molecule has 0 aliphatic rings. The Morgan fingerprint density at radius 2 is 1.31 bits per heavy atom. The molecule has 0 aliphatic carbocycles. The molecule has 4 N–H and O–H groups in total. The van der Waals surface area contributed by atoms with E-state index in [1.807, 2.05) is 0 Å². The summed E-state index contributed by atoms with van der Waals surface area (Å²) in [6.45, 7) is 0. The fourth-order valence-corrected chi connectivity index (χ4v) is 2.11. The molecule has 0 fully saturated rings. The maximum absolute atomic E-state index is 12.1. The summed E-state index contributed by atoms with van der Waals surface area (Å²) in [4.78, 5) is 34.2. The largest absolute Gasteiger partial charge is 0.478 e. The van der Waals surface area contributed by atoms with E-state index in [0.29, 0.717) is 16.8 Å². The van der Waals surface area contributed by atoms with Gasteiger partial charge in [-0.05, 0) is 36.4 Å². The summed E-state index contributed by atoms with van der Waals surface area (Å²) < 4.78 is 0. The predicted molar refractivity (Wildman–Crippen MR) is 95.3 cm³/mol. The lowest BCUT2D eigenvalue weighted by molar-refractivity contribution is 0.0696. The minimum atomic E-state index is -1.32. The summed E-state index contributed by atoms with van der Waals surface area (Å²) in [5.41, 5.74) is 0.756. The van der Waals surface area contributed by atoms with E-state index in [1.54, 1.807) is 12.1 Å². The topological polar surface area (TPSA) is 116 Å². The van der Waals surface area contributed by atoms with E-state index in [0.717, 1.165) is 18.2 Å². The molecule has 2 rings (SSSR count). The van der Waals surface area contributed by atoms with Crippen LogP contribution in [0.15, 0.2) is 36.4 Å². The van der Waals surface area contributed by atoms with Crippen molar-refractivity contribution in [1.82, 2.24) is 0 Å². The SMILES string of the molecule is C#Cc1ccc(NC(=O)Nc2cc(C(=O)O)cc(C(=O)O)c2)cc1C#C. The second-order valence-corrected chi connectivity index (χ2v) is 5.04. The van der Waals surface area contributed by atoms with E-state index in [9.17, 15) is 14.4 Å². The van der Waals surface area contributed by atoms with Crippen molar-refractivity contribution in [3.63, 3.8) is 0 Å². The van der Waals surface area contributed by atoms with Gasteiger partial charge in [-0.3, -0.25) is 0 Å². The van der Waals surface area contributed by atoms with Crippen LogP contribution in [0.5, 0.6) is 0 Å². The van der Waals surface area contributed by atoms with Crippen LogP contribution in [0.1, 0.15) is 31.8 Å². The van der Waals surface area contributed by atoms with Crippen LogP contribution in [0.3, 0.4) is 0 Å². The van der Waals surface area contributed by atoms with Gasteiger partial charge in [0.05, 0.1) is 11.1 Å². The van der Waals surface area contributed by atoms with E-state index in [2.05, 4.69) is 22.5 Å². The van der Waals surface area contributed by atoms with Crippen molar-refractivity contribution in [1.29, 1.82) is 0 Å². The van der Waals surface area contributed by atoms with E-state index in [-0.39, 0.29) is 16.8 Å². The van der Waals surface area contributed by atoms with Crippen molar-refractivity contribution in [2.24, 2.45) is 0 Å². The Morgan fingerprint density at radius 3 is 1.81 bits per heavy atom. The number of amides is 2. The summed E-state index contributed by atoms with van der Waals surface area (Å²) in [5, 5.41) is 23.0. The second kappa shape index (κ2) is 7.56. The van der Waals surface area contributed by atoms with Gasteiger partial charge in [0.25, 0.3) is 0 Å². The highest BCUT2D eigenvalue weighted by Gasteiger charge is 2.13. The molecule has 26 heavy (non-hydrogen) atoms. The molecule has 0 atom stereocenters. The Bertz CT molecular complexity index is 964. The first-order chi connectivity index (χ1) is 12.3. The Morgan fingerprint density at radius 1 is 0.769 bits per heavy atom. The number of terminal acetylenes is 2. The molecule has 0 spiro atoms. The van der Waals surface area contributed by atoms with Gasteiger partial charge in [0.2, 0.25) is 0 Å². The molecule has 0 saturated heterocycles. The van der Waals surface area contributed by atoms with Crippen molar-refractivity contribution in [3.05, 3.63) is 58.7 Å². The Labute approximate surface area is 148 Å². The molecule has 0 unspecified atom stereocenters. The second-order valence-electron chi connectivity index (χ2n) is 5.04. The first-order valence-electron chi connectivity index (χ1n) is 7.11. The van der Waals surface area contributed by atoms with Crippen molar-refractivity contribution in [2.45, 2.75) is 0 Å². The van der Waals surface area contributed by atoms with Gasteiger partial charge in [0, 0.05) is 22.5 Å². The van der Waals surface area contributed by atoms with E-state index >= 15 is 0 Å². The number of nitrogens with one attached hydrogen (secondary N) is 2. The molecule has 2 amide bonds. The maximum Gasteiger partial charge on any atom is 0.335 e. The number of carboxylic acid groups (broad SMARTS) is 2. The van der Waals surface area contributed by atoms with Gasteiger partial charge in [0.15, 0.2) is 0 Å². The third-order valence-electron chi connectivity index (χ3n) is 3.27. The van der Waals surface area contributed by atoms with Gasteiger partial charge in [-0.25, -0.2) is 14.4 Å². The quantitative estimate of drug-likeness (QED) is 0.634. The number of carboxylic acids is 2. The zero-order valence-corrected chi connectivity index (χ0v) is 13.2. The lowest BCUT2D eigenvalue weighted by atomic mass is 10.1. The van der Waals surface area contributed by atoms with E-state index < -0.39 is 18.0 Å². The third kappa shape index (κ3) is 4.19. The lowest BCUT2D eigenvalue weighted by Gasteiger charge is -2.10. The zero-order valence-electron chi connectivity index (χ0n) is 13.2. The summed E-state index contributed by atoms with van der Waals surface area (Å²) in [6.07, 6.45) is 10.7. The molecule has 0 bridgehead atoms. The molecule has 2 aromatic rings. The van der Waals surface area contributed by atoms with Gasteiger partial charge in [0.1, 0.15) is 0 Å². The normalized spacial score (nSPS) is 9.46. The highest BCUT2D eigenvalue weighted by molar-refractivity contribution is 6.02. The number of anilines is 2. The number of hydrogen-bond acceptors (Lipinski definition) is 3. The third-order valence-corrected chi connectivity index (χ3v) is 3.27. The standard InChI is InChI=1S/C19H12N2O5/c1-3-11-5-6-15(8-12(11)4-2)20-19(26)21-16-9-13(17(22)23)7-14(10-16)18(24)25/h1-2,5-10H,(H,22,23)(H,24,25)(H2,20,21,26). The van der Waals surface area contributed by atoms with Crippen LogP contribution in [-0.2, 0) is 0 Å². The molecular formula is C19H12N2O5. The lowest BCUT2D eigenvalue weighted by Crippen LogP contribution is -2.20. The zero-order chi connectivity index (χ0) is 19.3. The van der Waals surface area contributed by atoms with Crippen LogP contribution in [0.2, 0.25) is 0 Å². The molecule has 0 aromatic heterocycles. The first-order valence-corrected chi connectivity index (χ1v) is 7.11. The number of benzene rings is 2. The summed E-state index contributed by atoms with van der Waals surface area (Å²) in [7, 11) is 0. The summed E-state index contributed by atoms with van der Waals surface area (Å²) >= 11 is 0. The van der Waals surface area contributed by atoms with Crippen LogP contribution >= 0.6 is 0 Å². The van der Waals surface area contributed by atoms with Gasteiger partial charge in [-0.2, -0.15) is 0 Å². The van der Waals surface area contributed by atoms with Gasteiger partial charge < -0.3 is 20.8 Å². The van der Waals surface area contributed by atoms with Crippen LogP contribution in [0.25, 0.3) is 0 Å². The highest BCUT2D eigenvalue weighted by atomic mass is 16.4. The predicted octanol–water partition coefficient (Wildman–Crippen LogP) is 2.69. The Hall–Kier alpha value is -4.23. The van der Waals surface area contributed by atoms with Crippen LogP contribution in [-0.4, -0.2) is 28.2 Å². The Balaban J connectivity index is 2.23. The monoisotopic (exact) mass is 348 g/mol. The molecule has 2 aromatic carbocycles. The average molecular weight is 348 g/mol. The minimum Gasteiger partial charge on any atom is -0.478 e. The highest BCUT2D eigenvalue weighted by Crippen LogP contribution is 2.18. The molecule has 0 saturated carbocycles. The van der Waals surface area contributed by atoms with Crippen molar-refractivity contribution in [3.8, 4) is 24.7 Å². The van der Waals surface area contributed by atoms with Crippen molar-refractivity contribution >= 4 is 29.3 Å². The summed E-state index contributed by atoms with van der Waals surface area (Å²) in [6, 6.07) is 7.19. The van der Waals surface area contributed by atoms with Gasteiger partial charge >= 0.3 is 18.0 Å². The molecule has 7 heteroatoms. The van der Waals surface area contributed by atoms with Gasteiger partial charge in [-0.1, -0.05) is 11.8 Å². The molecule has 0 heterocycles. The smallest absolute Gasteiger partial charge is 0.335 e.